The van der Waals surface area contributed by atoms with Gasteiger partial charge in [-0.15, -0.1) is 16.4 Å². The average molecular weight is 478 g/mol. The highest BCUT2D eigenvalue weighted by molar-refractivity contribution is 7.21. The number of aryl methyl sites for hydroxylation is 1. The molecule has 1 aliphatic carbocycles. The van der Waals surface area contributed by atoms with Crippen molar-refractivity contribution in [2.24, 2.45) is 0 Å². The fourth-order valence-corrected chi connectivity index (χ4v) is 5.35. The van der Waals surface area contributed by atoms with Gasteiger partial charge >= 0.3 is 0 Å². The minimum Gasteiger partial charge on any atom is -0.496 e. The molecule has 174 valence electrons. The first-order valence-electron chi connectivity index (χ1n) is 11.0. The molecule has 5 rings (SSSR count). The number of carbonyl (C=O) groups is 2. The van der Waals surface area contributed by atoms with Gasteiger partial charge in [-0.05, 0) is 66.3 Å². The maximum absolute atomic E-state index is 13.1. The van der Waals surface area contributed by atoms with Gasteiger partial charge in [0.15, 0.2) is 5.75 Å². The number of H-pyrrole nitrogens is 1. The van der Waals surface area contributed by atoms with Crippen molar-refractivity contribution in [2.75, 3.05) is 12.4 Å². The van der Waals surface area contributed by atoms with Crippen LogP contribution in [0.25, 0.3) is 10.1 Å². The second kappa shape index (κ2) is 9.22. The maximum atomic E-state index is 13.1. The van der Waals surface area contributed by atoms with Gasteiger partial charge in [-0.1, -0.05) is 17.2 Å². The highest BCUT2D eigenvalue weighted by atomic mass is 32.1. The summed E-state index contributed by atoms with van der Waals surface area (Å²) < 4.78 is 12.7. The van der Waals surface area contributed by atoms with Gasteiger partial charge < -0.3 is 9.47 Å². The Hall–Kier alpha value is -3.79. The van der Waals surface area contributed by atoms with Crippen LogP contribution in [0.3, 0.4) is 0 Å². The van der Waals surface area contributed by atoms with Gasteiger partial charge in [0.2, 0.25) is 0 Å². The molecule has 0 spiro atoms. The number of amides is 1. The summed E-state index contributed by atoms with van der Waals surface area (Å²) in [5.41, 5.74) is 2.16. The predicted molar refractivity (Wildman–Crippen MR) is 128 cm³/mol. The Bertz CT molecular complexity index is 1340. The quantitative estimate of drug-likeness (QED) is 0.401. The Morgan fingerprint density at radius 1 is 1.18 bits per heavy atom. The smallest absolute Gasteiger partial charge is 0.272 e. The highest BCUT2D eigenvalue weighted by Crippen LogP contribution is 2.43. The lowest BCUT2D eigenvalue weighted by molar-refractivity contribution is -0.120. The van der Waals surface area contributed by atoms with Crippen molar-refractivity contribution in [3.05, 3.63) is 52.4 Å². The van der Waals surface area contributed by atoms with Crippen molar-refractivity contribution >= 4 is 39.1 Å². The molecule has 4 aromatic rings. The Morgan fingerprint density at radius 3 is 2.62 bits per heavy atom. The Labute approximate surface area is 199 Å². The third kappa shape index (κ3) is 4.36. The first-order valence-corrected chi connectivity index (χ1v) is 11.8. The van der Waals surface area contributed by atoms with Crippen molar-refractivity contribution in [3.63, 3.8) is 0 Å². The standard InChI is InChI=1S/C24H23N5O4S/c1-13-11-20-18(12-19(13)32-2)21(22(34-20)23(31)25-24-26-28-29-27-24)33-17-9-5-15(6-10-17)14-3-7-16(30)8-4-14/h5-6,9-12,14H,3-4,7-8H2,1-2H3,(H2,25,26,27,28,29,31). The van der Waals surface area contributed by atoms with Gasteiger partial charge in [0, 0.05) is 22.9 Å². The molecular formula is C24H23N5O4S. The van der Waals surface area contributed by atoms with E-state index in [1.807, 2.05) is 43.3 Å². The molecular weight excluding hydrogens is 454 g/mol. The van der Waals surface area contributed by atoms with E-state index in [1.165, 1.54) is 16.9 Å². The Balaban J connectivity index is 1.48. The van der Waals surface area contributed by atoms with E-state index >= 15 is 0 Å². The SMILES string of the molecule is COc1cc2c(Oc3ccc(C4CCC(=O)CC4)cc3)c(C(=O)Nc3nn[nH]n3)sc2cc1C. The lowest BCUT2D eigenvalue weighted by Crippen LogP contribution is -2.12. The number of fused-ring (bicyclic) bond motifs is 1. The summed E-state index contributed by atoms with van der Waals surface area (Å²) in [6.45, 7) is 1.95. The molecule has 0 atom stereocenters. The summed E-state index contributed by atoms with van der Waals surface area (Å²) in [7, 11) is 1.61. The summed E-state index contributed by atoms with van der Waals surface area (Å²) in [6, 6.07) is 11.7. The maximum Gasteiger partial charge on any atom is 0.272 e. The number of benzene rings is 2. The molecule has 0 unspecified atom stereocenters. The van der Waals surface area contributed by atoms with E-state index in [2.05, 4.69) is 25.9 Å². The van der Waals surface area contributed by atoms with Crippen molar-refractivity contribution < 1.29 is 19.1 Å². The third-order valence-corrected chi connectivity index (χ3v) is 7.18. The van der Waals surface area contributed by atoms with Gasteiger partial charge in [0.05, 0.1) is 7.11 Å². The lowest BCUT2D eigenvalue weighted by Gasteiger charge is -2.21. The van der Waals surface area contributed by atoms with Crippen molar-refractivity contribution in [1.82, 2.24) is 20.6 Å². The molecule has 1 saturated carbocycles. The summed E-state index contributed by atoms with van der Waals surface area (Å²) in [5.74, 6) is 2.19. The van der Waals surface area contributed by atoms with E-state index in [-0.39, 0.29) is 5.95 Å². The Kier molecular flexibility index (Phi) is 5.97. The molecule has 2 aromatic heterocycles. The van der Waals surface area contributed by atoms with Crippen molar-refractivity contribution in [2.45, 2.75) is 38.5 Å². The van der Waals surface area contributed by atoms with Crippen LogP contribution >= 0.6 is 11.3 Å². The zero-order valence-electron chi connectivity index (χ0n) is 18.8. The molecule has 34 heavy (non-hydrogen) atoms. The van der Waals surface area contributed by atoms with Crippen LogP contribution in [0.4, 0.5) is 5.95 Å². The summed E-state index contributed by atoms with van der Waals surface area (Å²) in [6.07, 6.45) is 3.05. The molecule has 2 aromatic carbocycles. The first kappa shape index (κ1) is 22.0. The van der Waals surface area contributed by atoms with Crippen LogP contribution < -0.4 is 14.8 Å². The van der Waals surface area contributed by atoms with Crippen LogP contribution in [0.2, 0.25) is 0 Å². The normalized spacial score (nSPS) is 14.4. The summed E-state index contributed by atoms with van der Waals surface area (Å²) in [4.78, 5) is 25.0. The fourth-order valence-electron chi connectivity index (χ4n) is 4.24. The number of tetrazole rings is 1. The molecule has 9 nitrogen and oxygen atoms in total. The second-order valence-corrected chi connectivity index (χ2v) is 9.30. The zero-order chi connectivity index (χ0) is 23.7. The number of ketones is 1. The molecule has 0 radical (unpaired) electrons. The van der Waals surface area contributed by atoms with E-state index in [0.29, 0.717) is 46.7 Å². The summed E-state index contributed by atoms with van der Waals surface area (Å²) in [5, 5.41) is 16.8. The van der Waals surface area contributed by atoms with Crippen LogP contribution in [0.15, 0.2) is 36.4 Å². The minimum atomic E-state index is -0.391. The van der Waals surface area contributed by atoms with Gasteiger partial charge in [-0.2, -0.15) is 5.21 Å². The number of carbonyl (C=O) groups excluding carboxylic acids is 2. The number of aromatic amines is 1. The first-order chi connectivity index (χ1) is 16.5. The minimum absolute atomic E-state index is 0.0810. The van der Waals surface area contributed by atoms with Crippen LogP contribution in [0.1, 0.15) is 52.4 Å². The molecule has 0 saturated heterocycles. The molecule has 0 bridgehead atoms. The predicted octanol–water partition coefficient (Wildman–Crippen LogP) is 5.00. The highest BCUT2D eigenvalue weighted by Gasteiger charge is 2.24. The largest absolute Gasteiger partial charge is 0.496 e. The van der Waals surface area contributed by atoms with E-state index in [9.17, 15) is 9.59 Å². The molecule has 0 aliphatic heterocycles. The van der Waals surface area contributed by atoms with Crippen LogP contribution in [-0.2, 0) is 4.79 Å². The number of Topliss-reactive ketones (excluding diaryl/α,β-unsaturated/α-hetero) is 1. The molecule has 1 aliphatic rings. The number of aromatic nitrogens is 4. The van der Waals surface area contributed by atoms with Crippen molar-refractivity contribution in [1.29, 1.82) is 0 Å². The number of thiophene rings is 1. The second-order valence-electron chi connectivity index (χ2n) is 8.25. The van der Waals surface area contributed by atoms with E-state index in [4.69, 9.17) is 9.47 Å². The lowest BCUT2D eigenvalue weighted by atomic mass is 9.83. The number of anilines is 1. The molecule has 1 fully saturated rings. The van der Waals surface area contributed by atoms with Crippen LogP contribution in [0.5, 0.6) is 17.2 Å². The van der Waals surface area contributed by atoms with E-state index in [1.54, 1.807) is 7.11 Å². The topological polar surface area (TPSA) is 119 Å². The molecule has 2 N–H and O–H groups in total. The number of methoxy groups -OCH3 is 1. The third-order valence-electron chi connectivity index (χ3n) is 6.05. The average Bonchev–Trinajstić information content (AvgIpc) is 3.47. The Morgan fingerprint density at radius 2 is 1.94 bits per heavy atom. The number of nitrogens with one attached hydrogen (secondary N) is 2. The molecule has 2 heterocycles. The van der Waals surface area contributed by atoms with Crippen LogP contribution in [-0.4, -0.2) is 39.4 Å². The van der Waals surface area contributed by atoms with Gasteiger partial charge in [-0.3, -0.25) is 14.9 Å². The van der Waals surface area contributed by atoms with E-state index in [0.717, 1.165) is 28.5 Å². The monoisotopic (exact) mass is 477 g/mol. The van der Waals surface area contributed by atoms with Gasteiger partial charge in [0.1, 0.15) is 22.2 Å². The number of nitrogens with zero attached hydrogens (tertiary/aromatic N) is 3. The van der Waals surface area contributed by atoms with Crippen molar-refractivity contribution in [3.8, 4) is 17.2 Å². The number of hydrogen-bond acceptors (Lipinski definition) is 8. The molecule has 10 heteroatoms. The zero-order valence-corrected chi connectivity index (χ0v) is 19.6. The fraction of sp³-hybridized carbons (Fsp3) is 0.292. The summed E-state index contributed by atoms with van der Waals surface area (Å²) >= 11 is 1.32. The van der Waals surface area contributed by atoms with E-state index < -0.39 is 5.91 Å². The number of ether oxygens (including phenoxy) is 2. The van der Waals surface area contributed by atoms with Crippen LogP contribution in [0, 0.1) is 6.92 Å². The number of hydrogen-bond donors (Lipinski definition) is 2. The number of rotatable bonds is 6. The molecule has 1 amide bonds. The van der Waals surface area contributed by atoms with Gasteiger partial charge in [-0.25, -0.2) is 0 Å². The van der Waals surface area contributed by atoms with Gasteiger partial charge in [0.25, 0.3) is 11.9 Å².